The van der Waals surface area contributed by atoms with Crippen molar-refractivity contribution in [1.29, 1.82) is 0 Å². The van der Waals surface area contributed by atoms with Crippen LogP contribution in [0.2, 0.25) is 0 Å². The fraction of sp³-hybridized carbons (Fsp3) is 0.800. The summed E-state index contributed by atoms with van der Waals surface area (Å²) in [7, 11) is 0. The molecule has 0 saturated carbocycles. The second kappa shape index (κ2) is 7.89. The van der Waals surface area contributed by atoms with Crippen molar-refractivity contribution in [2.45, 2.75) is 54.2 Å². The van der Waals surface area contributed by atoms with Gasteiger partial charge in [-0.15, -0.1) is 0 Å². The summed E-state index contributed by atoms with van der Waals surface area (Å²) in [5.41, 5.74) is -1.34. The molecule has 0 bridgehead atoms. The molecule has 1 fully saturated rings. The molecule has 0 aliphatic carbocycles. The van der Waals surface area contributed by atoms with Crippen LogP contribution < -0.4 is 0 Å². The molecule has 1 aliphatic heterocycles. The van der Waals surface area contributed by atoms with E-state index in [1.807, 2.05) is 0 Å². The molecular formula is C15H19Cl6NO3. The van der Waals surface area contributed by atoms with Gasteiger partial charge in [0.1, 0.15) is 5.41 Å². The number of hydrogen-bond donors (Lipinski definition) is 0. The first kappa shape index (κ1) is 23.6. The average Bonchev–Trinajstić information content (AvgIpc) is 2.58. The fourth-order valence-electron chi connectivity index (χ4n) is 2.53. The molecule has 2 amide bonds. The van der Waals surface area contributed by atoms with E-state index in [2.05, 4.69) is 0 Å². The minimum absolute atomic E-state index is 0.0401. The van der Waals surface area contributed by atoms with Crippen molar-refractivity contribution in [1.82, 2.24) is 4.90 Å². The van der Waals surface area contributed by atoms with Gasteiger partial charge in [-0.1, -0.05) is 83.5 Å². The maximum absolute atomic E-state index is 12.7. The highest BCUT2D eigenvalue weighted by molar-refractivity contribution is 6.68. The minimum atomic E-state index is -1.67. The molecule has 0 N–H and O–H groups in total. The quantitative estimate of drug-likeness (QED) is 0.421. The molecule has 0 aromatic heterocycles. The second-order valence-corrected chi connectivity index (χ2v) is 11.6. The summed E-state index contributed by atoms with van der Waals surface area (Å²) in [6.07, 6.45) is -0.164. The van der Waals surface area contributed by atoms with E-state index in [0.717, 1.165) is 4.90 Å². The van der Waals surface area contributed by atoms with Crippen molar-refractivity contribution < 1.29 is 14.4 Å². The Bertz CT molecular complexity index is 567. The summed E-state index contributed by atoms with van der Waals surface area (Å²) in [4.78, 5) is 38.9. The Morgan fingerprint density at radius 3 is 1.88 bits per heavy atom. The molecule has 0 aromatic carbocycles. The van der Waals surface area contributed by atoms with Crippen LogP contribution in [-0.2, 0) is 14.4 Å². The third-order valence-electron chi connectivity index (χ3n) is 4.43. The van der Waals surface area contributed by atoms with E-state index < -0.39 is 48.5 Å². The van der Waals surface area contributed by atoms with Crippen molar-refractivity contribution in [2.24, 2.45) is 17.3 Å². The molecule has 1 rings (SSSR count). The molecule has 25 heavy (non-hydrogen) atoms. The van der Waals surface area contributed by atoms with Crippen LogP contribution >= 0.6 is 69.6 Å². The molecule has 1 saturated heterocycles. The van der Waals surface area contributed by atoms with Gasteiger partial charge < -0.3 is 0 Å². The molecule has 0 unspecified atom stereocenters. The lowest BCUT2D eigenvalue weighted by Crippen LogP contribution is -2.43. The van der Waals surface area contributed by atoms with Gasteiger partial charge in [0, 0.05) is 18.3 Å². The van der Waals surface area contributed by atoms with Crippen LogP contribution in [0, 0.1) is 17.3 Å². The van der Waals surface area contributed by atoms with Gasteiger partial charge in [-0.3, -0.25) is 19.3 Å². The molecule has 1 aliphatic rings. The van der Waals surface area contributed by atoms with E-state index in [1.54, 1.807) is 13.8 Å². The van der Waals surface area contributed by atoms with Crippen LogP contribution in [0.5, 0.6) is 0 Å². The lowest BCUT2D eigenvalue weighted by Gasteiger charge is -2.29. The van der Waals surface area contributed by atoms with Crippen molar-refractivity contribution in [3.05, 3.63) is 0 Å². The van der Waals surface area contributed by atoms with Crippen molar-refractivity contribution in [3.8, 4) is 0 Å². The Labute approximate surface area is 177 Å². The van der Waals surface area contributed by atoms with Crippen molar-refractivity contribution >= 4 is 87.2 Å². The predicted molar refractivity (Wildman–Crippen MR) is 103 cm³/mol. The number of rotatable bonds is 4. The summed E-state index contributed by atoms with van der Waals surface area (Å²) in [5.74, 6) is -2.80. The summed E-state index contributed by atoms with van der Waals surface area (Å²) >= 11 is 35.0. The van der Waals surface area contributed by atoms with Gasteiger partial charge >= 0.3 is 0 Å². The van der Waals surface area contributed by atoms with Gasteiger partial charge in [0.05, 0.1) is 6.04 Å². The summed E-state index contributed by atoms with van der Waals surface area (Å²) in [6.45, 7) is 6.13. The first-order valence-electron chi connectivity index (χ1n) is 7.55. The largest absolute Gasteiger partial charge is 0.296 e. The number of ketones is 1. The zero-order chi connectivity index (χ0) is 20.0. The molecule has 4 nitrogen and oxygen atoms in total. The average molecular weight is 474 g/mol. The zero-order valence-electron chi connectivity index (χ0n) is 14.1. The molecular weight excluding hydrogens is 455 g/mol. The monoisotopic (exact) mass is 471 g/mol. The molecule has 10 heteroatoms. The highest BCUT2D eigenvalue weighted by atomic mass is 35.6. The van der Waals surface area contributed by atoms with E-state index in [-0.39, 0.29) is 12.8 Å². The normalized spacial score (nSPS) is 23.8. The Balaban J connectivity index is 3.13. The van der Waals surface area contributed by atoms with E-state index in [9.17, 15) is 14.4 Å². The van der Waals surface area contributed by atoms with Crippen molar-refractivity contribution in [2.75, 3.05) is 0 Å². The number of carbonyl (C=O) groups excluding carboxylic acids is 3. The third-order valence-corrected chi connectivity index (χ3v) is 6.66. The molecule has 0 aromatic rings. The molecule has 144 valence electrons. The number of nitrogens with zero attached hydrogens (tertiary/aromatic N) is 1. The van der Waals surface area contributed by atoms with E-state index in [1.165, 1.54) is 13.8 Å². The highest BCUT2D eigenvalue weighted by Crippen LogP contribution is 2.43. The minimum Gasteiger partial charge on any atom is -0.296 e. The van der Waals surface area contributed by atoms with Gasteiger partial charge in [0.15, 0.2) is 13.4 Å². The van der Waals surface area contributed by atoms with Crippen LogP contribution in [0.25, 0.3) is 0 Å². The maximum atomic E-state index is 12.7. The van der Waals surface area contributed by atoms with Crippen LogP contribution in [0.15, 0.2) is 0 Å². The number of alkyl halides is 6. The van der Waals surface area contributed by atoms with E-state index >= 15 is 0 Å². The van der Waals surface area contributed by atoms with Gasteiger partial charge in [-0.2, -0.15) is 0 Å². The topological polar surface area (TPSA) is 54.5 Å². The highest BCUT2D eigenvalue weighted by Gasteiger charge is 2.56. The molecule has 3 atom stereocenters. The smallest absolute Gasteiger partial charge is 0.243 e. The van der Waals surface area contributed by atoms with Crippen LogP contribution in [0.3, 0.4) is 0 Å². The Kier molecular flexibility index (Phi) is 7.44. The van der Waals surface area contributed by atoms with E-state index in [0.29, 0.717) is 0 Å². The Morgan fingerprint density at radius 2 is 1.48 bits per heavy atom. The van der Waals surface area contributed by atoms with Crippen LogP contribution in [0.4, 0.5) is 0 Å². The number of imide groups is 1. The number of hydrogen-bond acceptors (Lipinski definition) is 3. The first-order chi connectivity index (χ1) is 11.0. The molecule has 0 radical (unpaired) electrons. The summed E-state index contributed by atoms with van der Waals surface area (Å²) < 4.78 is -3.30. The predicted octanol–water partition coefficient (Wildman–Crippen LogP) is 5.11. The van der Waals surface area contributed by atoms with Crippen LogP contribution in [0.1, 0.15) is 40.5 Å². The lowest BCUT2D eigenvalue weighted by molar-refractivity contribution is -0.147. The number of carbonyl (C=O) groups is 3. The number of Topliss-reactive ketones (excluding diaryl/α,β-unsaturated/α-hetero) is 1. The van der Waals surface area contributed by atoms with Gasteiger partial charge in [-0.25, -0.2) is 0 Å². The third kappa shape index (κ3) is 5.30. The Hall–Kier alpha value is 0.550. The zero-order valence-corrected chi connectivity index (χ0v) is 18.6. The number of halogens is 6. The SMILES string of the molecule is C[C@H](C[C@@H]1C(=O)C(C)(C)C(=O)N1C(=O)C[C@H](C)C(Cl)(Cl)Cl)C(Cl)(Cl)Cl. The summed E-state index contributed by atoms with van der Waals surface area (Å²) in [5, 5.41) is 0. The van der Waals surface area contributed by atoms with Gasteiger partial charge in [-0.05, 0) is 20.3 Å². The maximum Gasteiger partial charge on any atom is 0.243 e. The van der Waals surface area contributed by atoms with Gasteiger partial charge in [0.25, 0.3) is 0 Å². The number of likely N-dealkylation sites (tertiary alicyclic amines) is 1. The molecule has 0 spiro atoms. The standard InChI is InChI=1S/C15H19Cl6NO3/c1-7(14(16,17)18)5-9-11(24)13(3,4)12(25)22(9)10(23)6-8(2)15(19,20)21/h7-9H,5-6H2,1-4H3/t7-,8+,9-/m1/s1. The second-order valence-electron chi connectivity index (χ2n) is 6.90. The van der Waals surface area contributed by atoms with Crippen LogP contribution in [-0.4, -0.2) is 36.1 Å². The number of amides is 2. The van der Waals surface area contributed by atoms with E-state index in [4.69, 9.17) is 69.6 Å². The lowest BCUT2D eigenvalue weighted by atomic mass is 9.86. The molecule has 1 heterocycles. The van der Waals surface area contributed by atoms with Gasteiger partial charge in [0.2, 0.25) is 11.8 Å². The summed E-state index contributed by atoms with van der Waals surface area (Å²) in [6, 6.07) is -1.01. The Morgan fingerprint density at radius 1 is 1.04 bits per heavy atom. The fourth-order valence-corrected chi connectivity index (χ4v) is 3.02. The van der Waals surface area contributed by atoms with Crippen molar-refractivity contribution in [3.63, 3.8) is 0 Å². The first-order valence-corrected chi connectivity index (χ1v) is 9.82.